The van der Waals surface area contributed by atoms with Crippen LogP contribution in [0.25, 0.3) is 0 Å². The summed E-state index contributed by atoms with van der Waals surface area (Å²) >= 11 is 5.92. The number of hydrogen-bond donors (Lipinski definition) is 2. The van der Waals surface area contributed by atoms with E-state index in [9.17, 15) is 9.59 Å². The smallest absolute Gasteiger partial charge is 0.271 e. The number of nitrogens with zero attached hydrogens (tertiary/aromatic N) is 2. The Morgan fingerprint density at radius 3 is 2.43 bits per heavy atom. The minimum absolute atomic E-state index is 0.231. The zero-order valence-electron chi connectivity index (χ0n) is 11.0. The molecule has 2 rings (SSSR count). The van der Waals surface area contributed by atoms with E-state index in [1.165, 1.54) is 18.6 Å². The summed E-state index contributed by atoms with van der Waals surface area (Å²) < 4.78 is 0. The standard InChI is InChI=1S/C14H13ClN4O2/c15-11-4-2-1-3-10(11)13(20)18-7-8-19-14(21)12-9-16-5-6-17-12/h1-6,9H,7-8H2,(H,18,20)(H,19,21). The Morgan fingerprint density at radius 2 is 1.76 bits per heavy atom. The maximum Gasteiger partial charge on any atom is 0.271 e. The summed E-state index contributed by atoms with van der Waals surface area (Å²) in [6.45, 7) is 0.571. The van der Waals surface area contributed by atoms with Gasteiger partial charge in [0.25, 0.3) is 11.8 Å². The number of nitrogens with one attached hydrogen (secondary N) is 2. The number of amides is 2. The molecule has 108 valence electrons. The van der Waals surface area contributed by atoms with Crippen LogP contribution >= 0.6 is 11.6 Å². The SMILES string of the molecule is O=C(NCCNC(=O)c1ccccc1Cl)c1cnccn1. The number of carbonyl (C=O) groups excluding carboxylic acids is 2. The molecule has 6 nitrogen and oxygen atoms in total. The van der Waals surface area contributed by atoms with Crippen LogP contribution in [0, 0.1) is 0 Å². The van der Waals surface area contributed by atoms with Gasteiger partial charge in [-0.25, -0.2) is 4.98 Å². The van der Waals surface area contributed by atoms with E-state index in [1.807, 2.05) is 0 Å². The molecular formula is C14H13ClN4O2. The lowest BCUT2D eigenvalue weighted by Crippen LogP contribution is -2.35. The first kappa shape index (κ1) is 14.9. The van der Waals surface area contributed by atoms with Gasteiger partial charge in [-0.15, -0.1) is 0 Å². The monoisotopic (exact) mass is 304 g/mol. The van der Waals surface area contributed by atoms with E-state index in [1.54, 1.807) is 24.3 Å². The van der Waals surface area contributed by atoms with Crippen molar-refractivity contribution in [2.75, 3.05) is 13.1 Å². The van der Waals surface area contributed by atoms with Gasteiger partial charge in [-0.2, -0.15) is 0 Å². The molecule has 0 spiro atoms. The quantitative estimate of drug-likeness (QED) is 0.815. The fourth-order valence-corrected chi connectivity index (χ4v) is 1.82. The van der Waals surface area contributed by atoms with Crippen molar-refractivity contribution in [3.63, 3.8) is 0 Å². The van der Waals surface area contributed by atoms with Crippen molar-refractivity contribution in [1.29, 1.82) is 0 Å². The van der Waals surface area contributed by atoms with Crippen LogP contribution in [0.1, 0.15) is 20.8 Å². The van der Waals surface area contributed by atoms with E-state index >= 15 is 0 Å². The Bertz CT molecular complexity index is 634. The second kappa shape index (κ2) is 7.35. The van der Waals surface area contributed by atoms with Crippen LogP contribution in [-0.4, -0.2) is 34.9 Å². The van der Waals surface area contributed by atoms with Crippen LogP contribution in [0.2, 0.25) is 5.02 Å². The first-order valence-corrected chi connectivity index (χ1v) is 6.63. The van der Waals surface area contributed by atoms with Gasteiger partial charge in [0.05, 0.1) is 16.8 Å². The van der Waals surface area contributed by atoms with Crippen molar-refractivity contribution in [2.24, 2.45) is 0 Å². The maximum atomic E-state index is 11.8. The zero-order chi connectivity index (χ0) is 15.1. The molecule has 0 aliphatic carbocycles. The summed E-state index contributed by atoms with van der Waals surface area (Å²) in [5, 5.41) is 5.69. The predicted octanol–water partition coefficient (Wildman–Crippen LogP) is 1.29. The van der Waals surface area contributed by atoms with Crippen LogP contribution < -0.4 is 10.6 Å². The number of rotatable bonds is 5. The minimum Gasteiger partial charge on any atom is -0.350 e. The summed E-state index contributed by atoms with van der Waals surface area (Å²) in [7, 11) is 0. The van der Waals surface area contributed by atoms with Gasteiger partial charge < -0.3 is 10.6 Å². The van der Waals surface area contributed by atoms with Gasteiger partial charge in [0.15, 0.2) is 0 Å². The Balaban J connectivity index is 1.76. The third-order valence-electron chi connectivity index (χ3n) is 2.61. The van der Waals surface area contributed by atoms with Crippen molar-refractivity contribution < 1.29 is 9.59 Å². The summed E-state index contributed by atoms with van der Waals surface area (Å²) in [6, 6.07) is 6.76. The fraction of sp³-hybridized carbons (Fsp3) is 0.143. The van der Waals surface area contributed by atoms with E-state index in [4.69, 9.17) is 11.6 Å². The average molecular weight is 305 g/mol. The van der Waals surface area contributed by atoms with E-state index in [2.05, 4.69) is 20.6 Å². The van der Waals surface area contributed by atoms with E-state index in [-0.39, 0.29) is 30.6 Å². The summed E-state index contributed by atoms with van der Waals surface area (Å²) in [5.41, 5.74) is 0.634. The molecule has 1 heterocycles. The third kappa shape index (κ3) is 4.25. The second-order valence-corrected chi connectivity index (χ2v) is 4.49. The molecule has 0 atom stereocenters. The molecule has 2 amide bonds. The molecular weight excluding hydrogens is 292 g/mol. The van der Waals surface area contributed by atoms with Crippen molar-refractivity contribution in [3.05, 3.63) is 59.1 Å². The van der Waals surface area contributed by atoms with E-state index in [0.717, 1.165) is 0 Å². The van der Waals surface area contributed by atoms with Gasteiger partial charge >= 0.3 is 0 Å². The average Bonchev–Trinajstić information content (AvgIpc) is 2.52. The number of hydrogen-bond acceptors (Lipinski definition) is 4. The Kier molecular flexibility index (Phi) is 5.22. The molecule has 1 aromatic carbocycles. The molecule has 0 aliphatic rings. The summed E-state index contributed by atoms with van der Waals surface area (Å²) in [4.78, 5) is 31.2. The normalized spacial score (nSPS) is 9.95. The second-order valence-electron chi connectivity index (χ2n) is 4.08. The molecule has 2 aromatic rings. The lowest BCUT2D eigenvalue weighted by atomic mass is 10.2. The molecule has 0 unspecified atom stereocenters. The number of carbonyl (C=O) groups is 2. The Morgan fingerprint density at radius 1 is 1.05 bits per heavy atom. The maximum absolute atomic E-state index is 11.8. The van der Waals surface area contributed by atoms with Crippen LogP contribution in [0.5, 0.6) is 0 Å². The van der Waals surface area contributed by atoms with Gasteiger partial charge in [0.1, 0.15) is 5.69 Å². The summed E-state index contributed by atoms with van der Waals surface area (Å²) in [5.74, 6) is -0.621. The van der Waals surface area contributed by atoms with Gasteiger partial charge in [-0.3, -0.25) is 14.6 Å². The van der Waals surface area contributed by atoms with Crippen LogP contribution in [-0.2, 0) is 0 Å². The number of aromatic nitrogens is 2. The molecule has 0 radical (unpaired) electrons. The first-order valence-electron chi connectivity index (χ1n) is 6.25. The van der Waals surface area contributed by atoms with Gasteiger partial charge in [0.2, 0.25) is 0 Å². The molecule has 21 heavy (non-hydrogen) atoms. The Labute approximate surface area is 126 Å². The summed E-state index contributed by atoms with van der Waals surface area (Å²) in [6.07, 6.45) is 4.30. The lowest BCUT2D eigenvalue weighted by molar-refractivity contribution is 0.0925. The molecule has 0 aliphatic heterocycles. The highest BCUT2D eigenvalue weighted by Gasteiger charge is 2.09. The largest absolute Gasteiger partial charge is 0.350 e. The highest BCUT2D eigenvalue weighted by atomic mass is 35.5. The first-order chi connectivity index (χ1) is 10.2. The molecule has 0 saturated carbocycles. The molecule has 7 heteroatoms. The van der Waals surface area contributed by atoms with E-state index in [0.29, 0.717) is 10.6 Å². The highest BCUT2D eigenvalue weighted by Crippen LogP contribution is 2.14. The zero-order valence-corrected chi connectivity index (χ0v) is 11.8. The van der Waals surface area contributed by atoms with Gasteiger partial charge in [0, 0.05) is 25.5 Å². The topological polar surface area (TPSA) is 84.0 Å². The van der Waals surface area contributed by atoms with E-state index < -0.39 is 0 Å². The molecule has 2 N–H and O–H groups in total. The number of halogens is 1. The molecule has 0 saturated heterocycles. The fourth-order valence-electron chi connectivity index (χ4n) is 1.60. The molecule has 1 aromatic heterocycles. The third-order valence-corrected chi connectivity index (χ3v) is 2.94. The van der Waals surface area contributed by atoms with Crippen LogP contribution in [0.3, 0.4) is 0 Å². The molecule has 0 bridgehead atoms. The van der Waals surface area contributed by atoms with Gasteiger partial charge in [-0.1, -0.05) is 23.7 Å². The predicted molar refractivity (Wildman–Crippen MR) is 78.2 cm³/mol. The Hall–Kier alpha value is -2.47. The number of benzene rings is 1. The van der Waals surface area contributed by atoms with Crippen LogP contribution in [0.15, 0.2) is 42.9 Å². The van der Waals surface area contributed by atoms with Crippen molar-refractivity contribution in [3.8, 4) is 0 Å². The van der Waals surface area contributed by atoms with Crippen molar-refractivity contribution in [2.45, 2.75) is 0 Å². The van der Waals surface area contributed by atoms with Crippen molar-refractivity contribution in [1.82, 2.24) is 20.6 Å². The van der Waals surface area contributed by atoms with Crippen molar-refractivity contribution >= 4 is 23.4 Å². The highest BCUT2D eigenvalue weighted by molar-refractivity contribution is 6.33. The van der Waals surface area contributed by atoms with Gasteiger partial charge in [-0.05, 0) is 12.1 Å². The minimum atomic E-state index is -0.338. The molecule has 0 fully saturated rings. The van der Waals surface area contributed by atoms with Crippen LogP contribution in [0.4, 0.5) is 0 Å². The lowest BCUT2D eigenvalue weighted by Gasteiger charge is -2.07.